The van der Waals surface area contributed by atoms with E-state index in [1.165, 1.54) is 12.7 Å². The zero-order valence-electron chi connectivity index (χ0n) is 33.5. The molecule has 13 nitrogen and oxygen atoms in total. The molecule has 15 heteroatoms. The topological polar surface area (TPSA) is 152 Å². The number of benzene rings is 3. The summed E-state index contributed by atoms with van der Waals surface area (Å²) in [5.74, 6) is 1.42. The summed E-state index contributed by atoms with van der Waals surface area (Å²) in [6.07, 6.45) is 0.00181. The van der Waals surface area contributed by atoms with Gasteiger partial charge >= 0.3 is 0 Å². The van der Waals surface area contributed by atoms with Gasteiger partial charge in [-0.25, -0.2) is 24.0 Å². The Kier molecular flexibility index (Phi) is 10.9. The third kappa shape index (κ3) is 6.58. The van der Waals surface area contributed by atoms with Crippen LogP contribution in [0.3, 0.4) is 0 Å². The summed E-state index contributed by atoms with van der Waals surface area (Å²) in [5, 5.41) is 9.47. The monoisotopic (exact) mass is 809 g/mol. The van der Waals surface area contributed by atoms with E-state index in [1.807, 2.05) is 78.9 Å². The highest BCUT2D eigenvalue weighted by Gasteiger charge is 2.82. The third-order valence-corrected chi connectivity index (χ3v) is 13.8. The maximum absolute atomic E-state index is 18.2. The molecule has 1 unspecified atom stereocenters. The van der Waals surface area contributed by atoms with E-state index >= 15 is 4.39 Å². The molecule has 58 heavy (non-hydrogen) atoms. The van der Waals surface area contributed by atoms with E-state index in [2.05, 4.69) is 53.4 Å². The summed E-state index contributed by atoms with van der Waals surface area (Å²) in [5.41, 5.74) is 5.65. The van der Waals surface area contributed by atoms with Crippen LogP contribution < -0.4 is 15.2 Å². The van der Waals surface area contributed by atoms with Crippen molar-refractivity contribution in [3.63, 3.8) is 0 Å². The molecule has 2 saturated carbocycles. The Morgan fingerprint density at radius 2 is 1.52 bits per heavy atom. The van der Waals surface area contributed by atoms with Crippen LogP contribution in [0.15, 0.2) is 91.5 Å². The zero-order chi connectivity index (χ0) is 40.8. The smallest absolute Gasteiger partial charge is 0.260 e. The van der Waals surface area contributed by atoms with Gasteiger partial charge in [0.25, 0.3) is 8.53 Å². The Balaban J connectivity index is 1.30. The highest BCUT2D eigenvalue weighted by molar-refractivity contribution is 7.44. The SMILES string of the molecule is COc1ccc(C(O[C@]23C[C@H]2C[C@@]2(OP(OCCC#N)N(C(C)C)C(C)C)[C@@H]3O[C@@H](n3cnc4c(N)ncnc43)[C@@H]2F)(c2ccccc2)c2ccc(OC)cc2)cc1. The lowest BCUT2D eigenvalue weighted by Gasteiger charge is -2.44. The Labute approximate surface area is 339 Å². The first-order valence-corrected chi connectivity index (χ1v) is 20.7. The number of ether oxygens (including phenoxy) is 4. The number of alkyl halides is 1. The van der Waals surface area contributed by atoms with Crippen molar-refractivity contribution in [1.82, 2.24) is 24.2 Å². The predicted molar refractivity (Wildman–Crippen MR) is 216 cm³/mol. The van der Waals surface area contributed by atoms with Crippen molar-refractivity contribution in [2.45, 2.75) is 94.3 Å². The van der Waals surface area contributed by atoms with Crippen molar-refractivity contribution in [3.05, 3.63) is 108 Å². The minimum absolute atomic E-state index is 0.0199. The number of aromatic nitrogens is 4. The zero-order valence-corrected chi connectivity index (χ0v) is 34.4. The molecule has 1 saturated heterocycles. The molecule has 0 bridgehead atoms. The fourth-order valence-corrected chi connectivity index (χ4v) is 10.9. The van der Waals surface area contributed by atoms with Crippen LogP contribution in [0.1, 0.15) is 69.9 Å². The first-order chi connectivity index (χ1) is 28.0. The van der Waals surface area contributed by atoms with Gasteiger partial charge in [-0.1, -0.05) is 54.6 Å². The summed E-state index contributed by atoms with van der Waals surface area (Å²) < 4.78 is 61.5. The van der Waals surface area contributed by atoms with Gasteiger partial charge in [-0.15, -0.1) is 0 Å². The Morgan fingerprint density at radius 3 is 2.10 bits per heavy atom. The van der Waals surface area contributed by atoms with Gasteiger partial charge in [0.2, 0.25) is 0 Å². The molecule has 2 aliphatic carbocycles. The van der Waals surface area contributed by atoms with Crippen molar-refractivity contribution in [1.29, 1.82) is 5.26 Å². The van der Waals surface area contributed by atoms with Gasteiger partial charge in [0.05, 0.1) is 39.6 Å². The predicted octanol–water partition coefficient (Wildman–Crippen LogP) is 7.86. The van der Waals surface area contributed by atoms with Gasteiger partial charge in [0.15, 0.2) is 23.9 Å². The maximum atomic E-state index is 18.2. The quantitative estimate of drug-likeness (QED) is 0.0587. The normalized spacial score (nSPS) is 25.5. The summed E-state index contributed by atoms with van der Waals surface area (Å²) in [6.45, 7) is 8.34. The highest BCUT2D eigenvalue weighted by atomic mass is 31.2. The fourth-order valence-electron chi connectivity index (χ4n) is 9.03. The number of hydrogen-bond acceptors (Lipinski definition) is 12. The fraction of sp³-hybridized carbons (Fsp3) is 0.442. The number of nitrogens with two attached hydrogens (primary N) is 1. The van der Waals surface area contributed by atoms with Crippen molar-refractivity contribution >= 4 is 25.5 Å². The Bertz CT molecular complexity index is 2200. The first kappa shape index (κ1) is 40.1. The summed E-state index contributed by atoms with van der Waals surface area (Å²) in [7, 11) is 1.37. The van der Waals surface area contributed by atoms with E-state index in [9.17, 15) is 5.26 Å². The second-order valence-electron chi connectivity index (χ2n) is 15.7. The average Bonchev–Trinajstić information content (AvgIpc) is 3.45. The van der Waals surface area contributed by atoms with Gasteiger partial charge in [-0.3, -0.25) is 4.57 Å². The van der Waals surface area contributed by atoms with E-state index in [0.29, 0.717) is 35.5 Å². The lowest BCUT2D eigenvalue weighted by molar-refractivity contribution is -0.161. The molecule has 2 N–H and O–H groups in total. The molecule has 2 aromatic heterocycles. The molecule has 1 aliphatic heterocycles. The van der Waals surface area contributed by atoms with Crippen molar-refractivity contribution in [3.8, 4) is 17.6 Å². The van der Waals surface area contributed by atoms with Crippen LogP contribution in [-0.2, 0) is 24.1 Å². The largest absolute Gasteiger partial charge is 0.497 e. The molecule has 3 aromatic carbocycles. The molecule has 3 heterocycles. The number of nitrogen functional groups attached to an aromatic ring is 1. The van der Waals surface area contributed by atoms with E-state index in [0.717, 1.165) is 16.7 Å². The van der Waals surface area contributed by atoms with E-state index in [-0.39, 0.29) is 36.8 Å². The van der Waals surface area contributed by atoms with Gasteiger partial charge in [-0.05, 0) is 87.4 Å². The van der Waals surface area contributed by atoms with Crippen molar-refractivity contribution < 1.29 is 32.4 Å². The van der Waals surface area contributed by atoms with Crippen LogP contribution in [0, 0.1) is 17.2 Å². The molecule has 8 rings (SSSR count). The lowest BCUT2D eigenvalue weighted by atomic mass is 9.79. The Morgan fingerprint density at radius 1 is 0.914 bits per heavy atom. The minimum Gasteiger partial charge on any atom is -0.497 e. The molecular weight excluding hydrogens is 760 g/mol. The average molecular weight is 810 g/mol. The molecule has 3 fully saturated rings. The lowest BCUT2D eigenvalue weighted by Crippen LogP contribution is -2.52. The second-order valence-corrected chi connectivity index (χ2v) is 17.0. The van der Waals surface area contributed by atoms with E-state index in [4.69, 9.17) is 33.7 Å². The first-order valence-electron chi connectivity index (χ1n) is 19.6. The second kappa shape index (κ2) is 15.8. The molecule has 0 spiro atoms. The number of nitrogens with zero attached hydrogens (tertiary/aromatic N) is 6. The maximum Gasteiger partial charge on any atom is 0.260 e. The molecular formula is C43H49FN7O6P. The number of methoxy groups -OCH3 is 2. The highest BCUT2D eigenvalue weighted by Crippen LogP contribution is 2.73. The molecule has 5 aromatic rings. The van der Waals surface area contributed by atoms with Crippen molar-refractivity contribution in [2.75, 3.05) is 26.6 Å². The number of rotatable bonds is 16. The molecule has 304 valence electrons. The third-order valence-electron chi connectivity index (χ3n) is 11.6. The summed E-state index contributed by atoms with van der Waals surface area (Å²) in [4.78, 5) is 13.0. The van der Waals surface area contributed by atoms with E-state index in [1.54, 1.807) is 18.8 Å². The molecule has 3 aliphatic rings. The number of imidazole rings is 1. The summed E-state index contributed by atoms with van der Waals surface area (Å²) in [6, 6.07) is 27.9. The summed E-state index contributed by atoms with van der Waals surface area (Å²) >= 11 is 0. The molecule has 0 radical (unpaired) electrons. The number of hydrogen-bond donors (Lipinski definition) is 1. The van der Waals surface area contributed by atoms with Crippen molar-refractivity contribution in [2.24, 2.45) is 5.92 Å². The standard InChI is InChI=1S/C43H49FN7O6P/c1-27(2)51(28(3)4)58(54-22-10-21-45)57-42-24-32-23-41(32,40(42)55-39(36(42)44)50-26-49-35-37(46)47-25-48-38(35)50)56-43(29-11-8-7-9-12-29,30-13-17-33(52-5)18-14-30)31-15-19-34(53-6)20-16-31/h7-9,11-20,25-28,32,36,39-40H,10,22-24H2,1-6H3,(H2,46,47,48)/t32-,36-,39+,40+,41+,42-,58?/m0/s1. The minimum atomic E-state index is -1.90. The van der Waals surface area contributed by atoms with Gasteiger partial charge in [0, 0.05) is 12.1 Å². The van der Waals surface area contributed by atoms with Crippen LogP contribution in [0.2, 0.25) is 0 Å². The van der Waals surface area contributed by atoms with Crippen LogP contribution in [0.25, 0.3) is 11.2 Å². The molecule has 7 atom stereocenters. The van der Waals surface area contributed by atoms with Crippen LogP contribution in [0.5, 0.6) is 11.5 Å². The van der Waals surface area contributed by atoms with Gasteiger partial charge in [-0.2, -0.15) is 5.26 Å². The van der Waals surface area contributed by atoms with Crippen LogP contribution in [-0.4, -0.2) is 80.6 Å². The van der Waals surface area contributed by atoms with E-state index < -0.39 is 43.8 Å². The van der Waals surface area contributed by atoms with Crippen LogP contribution >= 0.6 is 8.53 Å². The van der Waals surface area contributed by atoms with Gasteiger partial charge in [0.1, 0.15) is 46.3 Å². The number of nitriles is 1. The number of halogens is 1. The van der Waals surface area contributed by atoms with Crippen LogP contribution in [0.4, 0.5) is 10.2 Å². The Hall–Kier alpha value is -4.74. The number of fused-ring (bicyclic) bond motifs is 4. The number of anilines is 1. The van der Waals surface area contributed by atoms with Gasteiger partial charge < -0.3 is 33.7 Å². The molecule has 0 amide bonds.